The predicted molar refractivity (Wildman–Crippen MR) is 103 cm³/mol. The van der Waals surface area contributed by atoms with Crippen molar-refractivity contribution in [1.29, 1.82) is 0 Å². The number of esters is 1. The molecule has 2 aromatic rings. The maximum absolute atomic E-state index is 12.1. The summed E-state index contributed by atoms with van der Waals surface area (Å²) in [7, 11) is 0. The van der Waals surface area contributed by atoms with Gasteiger partial charge in [-0.25, -0.2) is 0 Å². The number of nitrogens with one attached hydrogen (secondary N) is 2. The number of benzene rings is 2. The second kappa shape index (κ2) is 9.23. The van der Waals surface area contributed by atoms with E-state index in [0.29, 0.717) is 13.0 Å². The number of ether oxygens (including phenoxy) is 1. The molecule has 0 radical (unpaired) electrons. The highest BCUT2D eigenvalue weighted by Gasteiger charge is 2.29. The standard InChI is InChI=1S/C20H20N2O4S/c23-18(21-11-10-14-6-2-1-3-7-14)13-26-19(24)12-17-20(25)22-15-8-4-5-9-16(15)27-17/h1-9,17H,10-13H2,(H,21,23)(H,22,25)/t17-/m1/s1. The lowest BCUT2D eigenvalue weighted by Gasteiger charge is -2.23. The highest BCUT2D eigenvalue weighted by Crippen LogP contribution is 2.36. The Morgan fingerprint density at radius 3 is 2.63 bits per heavy atom. The zero-order valence-corrected chi connectivity index (χ0v) is 15.5. The molecule has 0 unspecified atom stereocenters. The highest BCUT2D eigenvalue weighted by atomic mass is 32.2. The summed E-state index contributed by atoms with van der Waals surface area (Å²) in [5.41, 5.74) is 1.87. The van der Waals surface area contributed by atoms with E-state index in [1.54, 1.807) is 0 Å². The molecule has 3 rings (SSSR count). The van der Waals surface area contributed by atoms with Gasteiger partial charge in [0.15, 0.2) is 6.61 Å². The number of anilines is 1. The second-order valence-corrected chi connectivity index (χ2v) is 7.29. The number of fused-ring (bicyclic) bond motifs is 1. The van der Waals surface area contributed by atoms with Gasteiger partial charge < -0.3 is 15.4 Å². The van der Waals surface area contributed by atoms with Gasteiger partial charge in [0, 0.05) is 11.4 Å². The summed E-state index contributed by atoms with van der Waals surface area (Å²) >= 11 is 1.33. The lowest BCUT2D eigenvalue weighted by Crippen LogP contribution is -2.33. The topological polar surface area (TPSA) is 84.5 Å². The number of thioether (sulfide) groups is 1. The van der Waals surface area contributed by atoms with Crippen molar-refractivity contribution in [3.05, 3.63) is 60.2 Å². The number of para-hydroxylation sites is 1. The largest absolute Gasteiger partial charge is 0.456 e. The number of amides is 2. The van der Waals surface area contributed by atoms with Crippen molar-refractivity contribution < 1.29 is 19.1 Å². The molecule has 1 aliphatic rings. The van der Waals surface area contributed by atoms with Crippen LogP contribution in [0.15, 0.2) is 59.5 Å². The van der Waals surface area contributed by atoms with Crippen molar-refractivity contribution in [2.45, 2.75) is 23.0 Å². The molecule has 6 nitrogen and oxygen atoms in total. The summed E-state index contributed by atoms with van der Waals surface area (Å²) in [6, 6.07) is 17.2. The van der Waals surface area contributed by atoms with E-state index in [9.17, 15) is 14.4 Å². The minimum atomic E-state index is -0.569. The van der Waals surface area contributed by atoms with E-state index in [0.717, 1.165) is 16.1 Å². The van der Waals surface area contributed by atoms with Gasteiger partial charge in [0.2, 0.25) is 5.91 Å². The van der Waals surface area contributed by atoms with Crippen LogP contribution in [-0.4, -0.2) is 36.2 Å². The molecule has 2 amide bonds. The van der Waals surface area contributed by atoms with E-state index >= 15 is 0 Å². The molecule has 0 fully saturated rings. The average Bonchev–Trinajstić information content (AvgIpc) is 2.68. The minimum absolute atomic E-state index is 0.0812. The van der Waals surface area contributed by atoms with Crippen LogP contribution in [0.3, 0.4) is 0 Å². The van der Waals surface area contributed by atoms with Gasteiger partial charge in [-0.05, 0) is 24.1 Å². The van der Waals surface area contributed by atoms with Crippen LogP contribution in [0.4, 0.5) is 5.69 Å². The Balaban J connectivity index is 1.38. The third-order valence-corrected chi connectivity index (χ3v) is 5.28. The number of carbonyl (C=O) groups is 3. The zero-order chi connectivity index (χ0) is 19.1. The molecule has 0 bridgehead atoms. The molecular formula is C20H20N2O4S. The Morgan fingerprint density at radius 1 is 1.07 bits per heavy atom. The smallest absolute Gasteiger partial charge is 0.307 e. The number of hydrogen-bond acceptors (Lipinski definition) is 5. The Morgan fingerprint density at radius 2 is 1.81 bits per heavy atom. The van der Waals surface area contributed by atoms with E-state index in [1.807, 2.05) is 54.6 Å². The number of rotatable bonds is 7. The third-order valence-electron chi connectivity index (χ3n) is 4.00. The van der Waals surface area contributed by atoms with Gasteiger partial charge in [0.05, 0.1) is 17.4 Å². The summed E-state index contributed by atoms with van der Waals surface area (Å²) in [5.74, 6) is -1.16. The van der Waals surface area contributed by atoms with Crippen LogP contribution in [0, 0.1) is 0 Å². The molecule has 1 heterocycles. The molecule has 0 saturated carbocycles. The first-order valence-corrected chi connectivity index (χ1v) is 9.52. The molecule has 0 aliphatic carbocycles. The molecule has 0 aromatic heterocycles. The van der Waals surface area contributed by atoms with Crippen LogP contribution < -0.4 is 10.6 Å². The summed E-state index contributed by atoms with van der Waals surface area (Å²) < 4.78 is 5.00. The Hall–Kier alpha value is -2.80. The van der Waals surface area contributed by atoms with Crippen molar-refractivity contribution in [2.24, 2.45) is 0 Å². The fourth-order valence-electron chi connectivity index (χ4n) is 2.63. The Kier molecular flexibility index (Phi) is 6.49. The quantitative estimate of drug-likeness (QED) is 0.716. The summed E-state index contributed by atoms with van der Waals surface area (Å²) in [4.78, 5) is 36.8. The van der Waals surface area contributed by atoms with Crippen LogP contribution in [-0.2, 0) is 25.5 Å². The predicted octanol–water partition coefficient (Wildman–Crippen LogP) is 2.39. The zero-order valence-electron chi connectivity index (χ0n) is 14.6. The molecule has 2 N–H and O–H groups in total. The highest BCUT2D eigenvalue weighted by molar-refractivity contribution is 8.01. The summed E-state index contributed by atoms with van der Waals surface area (Å²) in [5, 5.41) is 4.93. The summed E-state index contributed by atoms with van der Waals surface area (Å²) in [6.07, 6.45) is 0.626. The van der Waals surface area contributed by atoms with Gasteiger partial charge in [0.1, 0.15) is 0 Å². The van der Waals surface area contributed by atoms with E-state index in [4.69, 9.17) is 4.74 Å². The van der Waals surface area contributed by atoms with Crippen molar-refractivity contribution in [1.82, 2.24) is 5.32 Å². The van der Waals surface area contributed by atoms with Gasteiger partial charge >= 0.3 is 5.97 Å². The molecular weight excluding hydrogens is 364 g/mol. The number of hydrogen-bond donors (Lipinski definition) is 2. The van der Waals surface area contributed by atoms with Gasteiger partial charge in [-0.1, -0.05) is 42.5 Å². The molecule has 27 heavy (non-hydrogen) atoms. The summed E-state index contributed by atoms with van der Waals surface area (Å²) in [6.45, 7) is 0.126. The third kappa shape index (κ3) is 5.59. The molecule has 2 aromatic carbocycles. The molecule has 0 saturated heterocycles. The number of carbonyl (C=O) groups excluding carboxylic acids is 3. The first-order chi connectivity index (χ1) is 13.1. The maximum Gasteiger partial charge on any atom is 0.307 e. The molecule has 1 aliphatic heterocycles. The van der Waals surface area contributed by atoms with Crippen molar-refractivity contribution >= 4 is 35.2 Å². The van der Waals surface area contributed by atoms with Crippen LogP contribution in [0.1, 0.15) is 12.0 Å². The minimum Gasteiger partial charge on any atom is -0.456 e. The van der Waals surface area contributed by atoms with Crippen LogP contribution in [0.2, 0.25) is 0 Å². The lowest BCUT2D eigenvalue weighted by atomic mass is 10.1. The van der Waals surface area contributed by atoms with Crippen molar-refractivity contribution in [3.8, 4) is 0 Å². The molecule has 1 atom stereocenters. The Labute approximate surface area is 161 Å². The molecule has 7 heteroatoms. The van der Waals surface area contributed by atoms with E-state index in [-0.39, 0.29) is 24.8 Å². The van der Waals surface area contributed by atoms with Gasteiger partial charge in [0.25, 0.3) is 5.91 Å². The van der Waals surface area contributed by atoms with Crippen molar-refractivity contribution in [2.75, 3.05) is 18.5 Å². The monoisotopic (exact) mass is 384 g/mol. The van der Waals surface area contributed by atoms with E-state index in [2.05, 4.69) is 10.6 Å². The van der Waals surface area contributed by atoms with Crippen LogP contribution in [0.5, 0.6) is 0 Å². The van der Waals surface area contributed by atoms with Crippen molar-refractivity contribution in [3.63, 3.8) is 0 Å². The van der Waals surface area contributed by atoms with E-state index in [1.165, 1.54) is 11.8 Å². The SMILES string of the molecule is O=C(COC(=O)C[C@H]1Sc2ccccc2NC1=O)NCCc1ccccc1. The second-order valence-electron chi connectivity index (χ2n) is 6.04. The lowest BCUT2D eigenvalue weighted by molar-refractivity contribution is -0.149. The maximum atomic E-state index is 12.1. The van der Waals surface area contributed by atoms with Gasteiger partial charge in [-0.2, -0.15) is 0 Å². The van der Waals surface area contributed by atoms with Gasteiger partial charge in [-0.15, -0.1) is 11.8 Å². The first kappa shape index (κ1) is 19.0. The van der Waals surface area contributed by atoms with Crippen LogP contribution in [0.25, 0.3) is 0 Å². The average molecular weight is 384 g/mol. The fourth-order valence-corrected chi connectivity index (χ4v) is 3.72. The Bertz CT molecular complexity index is 826. The van der Waals surface area contributed by atoms with Crippen LogP contribution >= 0.6 is 11.8 Å². The van der Waals surface area contributed by atoms with Gasteiger partial charge in [-0.3, -0.25) is 14.4 Å². The molecule has 0 spiro atoms. The first-order valence-electron chi connectivity index (χ1n) is 8.64. The van der Waals surface area contributed by atoms with E-state index < -0.39 is 11.2 Å². The fraction of sp³-hybridized carbons (Fsp3) is 0.250. The molecule has 140 valence electrons. The normalized spacial score (nSPS) is 15.4.